The number of carboxylic acid groups (broad SMARTS) is 1. The lowest BCUT2D eigenvalue weighted by atomic mass is 10.0. The van der Waals surface area contributed by atoms with Crippen molar-refractivity contribution in [2.24, 2.45) is 0 Å². The third kappa shape index (κ3) is 2.72. The minimum atomic E-state index is -0.858. The predicted octanol–water partition coefficient (Wildman–Crippen LogP) is 4.84. The molecule has 2 aromatic carbocycles. The highest BCUT2D eigenvalue weighted by Gasteiger charge is 2.17. The quantitative estimate of drug-likeness (QED) is 0.673. The van der Waals surface area contributed by atoms with Gasteiger partial charge in [0.2, 0.25) is 0 Å². The van der Waals surface area contributed by atoms with E-state index in [1.54, 1.807) is 17.8 Å². The Hall–Kier alpha value is -1.91. The molecule has 112 valence electrons. The Morgan fingerprint density at radius 1 is 1.23 bits per heavy atom. The van der Waals surface area contributed by atoms with Gasteiger partial charge in [-0.3, -0.25) is 4.79 Å². The molecule has 0 radical (unpaired) electrons. The smallest absolute Gasteiger partial charge is 0.307 e. The van der Waals surface area contributed by atoms with Crippen LogP contribution in [-0.4, -0.2) is 22.3 Å². The summed E-state index contributed by atoms with van der Waals surface area (Å²) in [7, 11) is 0. The zero-order valence-corrected chi connectivity index (χ0v) is 13.5. The molecule has 0 saturated carbocycles. The van der Waals surface area contributed by atoms with Crippen LogP contribution in [0.5, 0.6) is 0 Å². The molecule has 3 nitrogen and oxygen atoms in total. The van der Waals surface area contributed by atoms with E-state index in [9.17, 15) is 9.90 Å². The number of aromatic nitrogens is 1. The Labute approximate surface area is 137 Å². The van der Waals surface area contributed by atoms with Gasteiger partial charge in [0.25, 0.3) is 0 Å². The molecule has 0 spiro atoms. The van der Waals surface area contributed by atoms with Crippen LogP contribution in [0.4, 0.5) is 0 Å². The van der Waals surface area contributed by atoms with E-state index < -0.39 is 5.97 Å². The fourth-order valence-corrected chi connectivity index (χ4v) is 3.21. The van der Waals surface area contributed by atoms with Crippen molar-refractivity contribution < 1.29 is 9.90 Å². The van der Waals surface area contributed by atoms with E-state index in [2.05, 4.69) is 4.98 Å². The normalized spacial score (nSPS) is 11.0. The summed E-state index contributed by atoms with van der Waals surface area (Å²) in [6.45, 7) is 0. The van der Waals surface area contributed by atoms with Crippen LogP contribution in [-0.2, 0) is 11.2 Å². The molecule has 0 amide bonds. The van der Waals surface area contributed by atoms with E-state index in [0.29, 0.717) is 5.02 Å². The van der Waals surface area contributed by atoms with Crippen molar-refractivity contribution in [3.63, 3.8) is 0 Å². The van der Waals surface area contributed by atoms with Gasteiger partial charge in [-0.15, -0.1) is 11.8 Å². The SMILES string of the molecule is CSc1ccc(-c2[nH]c3c(Cl)cccc3c2CC(=O)O)cc1. The summed E-state index contributed by atoms with van der Waals surface area (Å²) >= 11 is 7.90. The molecule has 22 heavy (non-hydrogen) atoms. The molecule has 3 aromatic rings. The van der Waals surface area contributed by atoms with E-state index in [1.165, 1.54) is 0 Å². The van der Waals surface area contributed by atoms with Gasteiger partial charge in [0.15, 0.2) is 0 Å². The number of thioether (sulfide) groups is 1. The van der Waals surface area contributed by atoms with Crippen LogP contribution < -0.4 is 0 Å². The van der Waals surface area contributed by atoms with E-state index in [1.807, 2.05) is 42.7 Å². The van der Waals surface area contributed by atoms with Gasteiger partial charge >= 0.3 is 5.97 Å². The van der Waals surface area contributed by atoms with Gasteiger partial charge in [0.05, 0.1) is 22.7 Å². The van der Waals surface area contributed by atoms with Gasteiger partial charge < -0.3 is 10.1 Å². The third-order valence-electron chi connectivity index (χ3n) is 3.60. The maximum atomic E-state index is 11.2. The zero-order valence-electron chi connectivity index (χ0n) is 11.9. The average Bonchev–Trinajstić information content (AvgIpc) is 2.87. The molecule has 0 saturated heterocycles. The fourth-order valence-electron chi connectivity index (χ4n) is 2.58. The van der Waals surface area contributed by atoms with Gasteiger partial charge in [-0.25, -0.2) is 0 Å². The Kier molecular flexibility index (Phi) is 4.14. The van der Waals surface area contributed by atoms with E-state index in [4.69, 9.17) is 11.6 Å². The van der Waals surface area contributed by atoms with Gasteiger partial charge in [-0.05, 0) is 35.6 Å². The molecule has 0 aliphatic carbocycles. The first-order chi connectivity index (χ1) is 10.6. The number of para-hydroxylation sites is 1. The summed E-state index contributed by atoms with van der Waals surface area (Å²) < 4.78 is 0. The zero-order chi connectivity index (χ0) is 15.7. The largest absolute Gasteiger partial charge is 0.481 e. The maximum absolute atomic E-state index is 11.2. The van der Waals surface area contributed by atoms with Crippen LogP contribution in [0.1, 0.15) is 5.56 Å². The van der Waals surface area contributed by atoms with Crippen LogP contribution in [0, 0.1) is 0 Å². The molecule has 1 aromatic heterocycles. The second-order valence-electron chi connectivity index (χ2n) is 4.94. The molecule has 0 atom stereocenters. The van der Waals surface area contributed by atoms with Crippen LogP contribution in [0.2, 0.25) is 5.02 Å². The number of hydrogen-bond acceptors (Lipinski definition) is 2. The van der Waals surface area contributed by atoms with Gasteiger partial charge in [-0.2, -0.15) is 0 Å². The Morgan fingerprint density at radius 2 is 1.95 bits per heavy atom. The second kappa shape index (κ2) is 6.07. The van der Waals surface area contributed by atoms with Crippen molar-refractivity contribution in [2.45, 2.75) is 11.3 Å². The average molecular weight is 332 g/mol. The number of benzene rings is 2. The lowest BCUT2D eigenvalue weighted by molar-refractivity contribution is -0.136. The minimum Gasteiger partial charge on any atom is -0.481 e. The Balaban J connectivity index is 2.22. The predicted molar refractivity (Wildman–Crippen MR) is 91.9 cm³/mol. The van der Waals surface area contributed by atoms with Crippen molar-refractivity contribution in [3.8, 4) is 11.3 Å². The molecular weight excluding hydrogens is 318 g/mol. The number of hydrogen-bond donors (Lipinski definition) is 2. The number of rotatable bonds is 4. The fraction of sp³-hybridized carbons (Fsp3) is 0.118. The minimum absolute atomic E-state index is 0.0417. The summed E-state index contributed by atoms with van der Waals surface area (Å²) in [6, 6.07) is 13.6. The number of H-pyrrole nitrogens is 1. The second-order valence-corrected chi connectivity index (χ2v) is 6.23. The first kappa shape index (κ1) is 15.0. The van der Waals surface area contributed by atoms with Crippen LogP contribution in [0.15, 0.2) is 47.4 Å². The standard InChI is InChI=1S/C17H14ClNO2S/c1-22-11-7-5-10(6-8-11)16-13(9-15(20)21)12-3-2-4-14(18)17(12)19-16/h2-8,19H,9H2,1H3,(H,20,21). The van der Waals surface area contributed by atoms with Crippen LogP contribution in [0.25, 0.3) is 22.2 Å². The number of nitrogens with one attached hydrogen (secondary N) is 1. The lowest BCUT2D eigenvalue weighted by Crippen LogP contribution is -2.00. The van der Waals surface area contributed by atoms with Crippen molar-refractivity contribution in [3.05, 3.63) is 53.1 Å². The number of fused-ring (bicyclic) bond motifs is 1. The number of aromatic amines is 1. The Bertz CT molecular complexity index is 840. The van der Waals surface area contributed by atoms with Crippen molar-refractivity contribution in [1.82, 2.24) is 4.98 Å². The molecule has 0 aliphatic rings. The summed E-state index contributed by atoms with van der Waals surface area (Å²) in [5.41, 5.74) is 3.32. The monoisotopic (exact) mass is 331 g/mol. The molecular formula is C17H14ClNO2S. The number of aliphatic carboxylic acids is 1. The summed E-state index contributed by atoms with van der Waals surface area (Å²) in [5.74, 6) is -0.858. The third-order valence-corrected chi connectivity index (χ3v) is 4.66. The molecule has 1 heterocycles. The molecule has 0 fully saturated rings. The van der Waals surface area contributed by atoms with Crippen molar-refractivity contribution in [2.75, 3.05) is 6.26 Å². The number of halogens is 1. The highest BCUT2D eigenvalue weighted by molar-refractivity contribution is 7.98. The van der Waals surface area contributed by atoms with Crippen molar-refractivity contribution in [1.29, 1.82) is 0 Å². The summed E-state index contributed by atoms with van der Waals surface area (Å²) in [6.07, 6.45) is 1.98. The van der Waals surface area contributed by atoms with Crippen LogP contribution >= 0.6 is 23.4 Å². The maximum Gasteiger partial charge on any atom is 0.307 e. The van der Waals surface area contributed by atoms with E-state index in [-0.39, 0.29) is 6.42 Å². The summed E-state index contributed by atoms with van der Waals surface area (Å²) in [5, 5.41) is 10.7. The first-order valence-electron chi connectivity index (χ1n) is 6.75. The molecule has 0 unspecified atom stereocenters. The topological polar surface area (TPSA) is 53.1 Å². The highest BCUT2D eigenvalue weighted by atomic mass is 35.5. The van der Waals surface area contributed by atoms with E-state index >= 15 is 0 Å². The summed E-state index contributed by atoms with van der Waals surface area (Å²) in [4.78, 5) is 15.7. The highest BCUT2D eigenvalue weighted by Crippen LogP contribution is 2.34. The van der Waals surface area contributed by atoms with Gasteiger partial charge in [-0.1, -0.05) is 35.9 Å². The van der Waals surface area contributed by atoms with E-state index in [0.717, 1.165) is 32.6 Å². The molecule has 2 N–H and O–H groups in total. The molecule has 0 aliphatic heterocycles. The first-order valence-corrected chi connectivity index (χ1v) is 8.35. The lowest BCUT2D eigenvalue weighted by Gasteiger charge is -2.04. The number of carboxylic acids is 1. The van der Waals surface area contributed by atoms with Gasteiger partial charge in [0, 0.05) is 10.3 Å². The van der Waals surface area contributed by atoms with Gasteiger partial charge in [0.1, 0.15) is 0 Å². The molecule has 3 rings (SSSR count). The van der Waals surface area contributed by atoms with Crippen LogP contribution in [0.3, 0.4) is 0 Å². The van der Waals surface area contributed by atoms with Crippen molar-refractivity contribution >= 4 is 40.2 Å². The number of carbonyl (C=O) groups is 1. The molecule has 0 bridgehead atoms. The molecule has 5 heteroatoms. The Morgan fingerprint density at radius 3 is 2.59 bits per heavy atom.